The van der Waals surface area contributed by atoms with Gasteiger partial charge in [0.2, 0.25) is 5.91 Å². The molecule has 0 spiro atoms. The molecular weight excluding hydrogens is 226 g/mol. The lowest BCUT2D eigenvalue weighted by Gasteiger charge is -2.32. The van der Waals surface area contributed by atoms with Crippen LogP contribution in [0.1, 0.15) is 64.2 Å². The molecule has 1 heterocycles. The molecule has 0 aromatic heterocycles. The SMILES string of the molecule is O=C1CCCCCCN1CC(O)C1CCCCC1. The van der Waals surface area contributed by atoms with Gasteiger partial charge >= 0.3 is 0 Å². The first-order valence-corrected chi connectivity index (χ1v) is 7.73. The molecule has 1 aliphatic carbocycles. The summed E-state index contributed by atoms with van der Waals surface area (Å²) < 4.78 is 0. The maximum absolute atomic E-state index is 12.0. The van der Waals surface area contributed by atoms with Crippen LogP contribution in [0.5, 0.6) is 0 Å². The van der Waals surface area contributed by atoms with Crippen molar-refractivity contribution in [1.29, 1.82) is 0 Å². The second-order valence-electron chi connectivity index (χ2n) is 5.97. The summed E-state index contributed by atoms with van der Waals surface area (Å²) >= 11 is 0. The van der Waals surface area contributed by atoms with E-state index < -0.39 is 0 Å². The van der Waals surface area contributed by atoms with Crippen LogP contribution in [-0.2, 0) is 4.79 Å². The van der Waals surface area contributed by atoms with Gasteiger partial charge in [0.05, 0.1) is 6.10 Å². The maximum Gasteiger partial charge on any atom is 0.222 e. The Hall–Kier alpha value is -0.570. The monoisotopic (exact) mass is 253 g/mol. The lowest BCUT2D eigenvalue weighted by molar-refractivity contribution is -0.134. The molecule has 1 saturated heterocycles. The lowest BCUT2D eigenvalue weighted by Crippen LogP contribution is -2.41. The maximum atomic E-state index is 12.0. The average molecular weight is 253 g/mol. The van der Waals surface area contributed by atoms with Gasteiger partial charge in [-0.2, -0.15) is 0 Å². The lowest BCUT2D eigenvalue weighted by atomic mass is 9.85. The molecule has 2 rings (SSSR count). The molecule has 1 atom stereocenters. The van der Waals surface area contributed by atoms with Crippen molar-refractivity contribution in [2.45, 2.75) is 70.3 Å². The summed E-state index contributed by atoms with van der Waals surface area (Å²) in [5, 5.41) is 10.3. The van der Waals surface area contributed by atoms with Crippen LogP contribution >= 0.6 is 0 Å². The number of nitrogens with zero attached hydrogens (tertiary/aromatic N) is 1. The van der Waals surface area contributed by atoms with Gasteiger partial charge in [-0.15, -0.1) is 0 Å². The van der Waals surface area contributed by atoms with Crippen LogP contribution < -0.4 is 0 Å². The van der Waals surface area contributed by atoms with Gasteiger partial charge in [-0.25, -0.2) is 0 Å². The van der Waals surface area contributed by atoms with Gasteiger partial charge < -0.3 is 10.0 Å². The molecule has 0 bridgehead atoms. The highest BCUT2D eigenvalue weighted by atomic mass is 16.3. The van der Waals surface area contributed by atoms with E-state index in [1.165, 1.54) is 32.1 Å². The first kappa shape index (κ1) is 13.9. The van der Waals surface area contributed by atoms with Crippen molar-refractivity contribution in [3.8, 4) is 0 Å². The molecule has 104 valence electrons. The largest absolute Gasteiger partial charge is 0.391 e. The number of carbonyl (C=O) groups is 1. The van der Waals surface area contributed by atoms with Gasteiger partial charge in [-0.1, -0.05) is 32.1 Å². The van der Waals surface area contributed by atoms with E-state index in [0.717, 1.165) is 32.2 Å². The number of carbonyl (C=O) groups excluding carboxylic acids is 1. The summed E-state index contributed by atoms with van der Waals surface area (Å²) in [4.78, 5) is 13.9. The second kappa shape index (κ2) is 7.13. The van der Waals surface area contributed by atoms with Crippen LogP contribution in [-0.4, -0.2) is 35.1 Å². The highest BCUT2D eigenvalue weighted by molar-refractivity contribution is 5.76. The van der Waals surface area contributed by atoms with Crippen molar-refractivity contribution in [3.63, 3.8) is 0 Å². The quantitative estimate of drug-likeness (QED) is 0.840. The van der Waals surface area contributed by atoms with Crippen molar-refractivity contribution in [2.24, 2.45) is 5.92 Å². The van der Waals surface area contributed by atoms with Crippen molar-refractivity contribution in [1.82, 2.24) is 4.90 Å². The van der Waals surface area contributed by atoms with Crippen molar-refractivity contribution in [3.05, 3.63) is 0 Å². The van der Waals surface area contributed by atoms with Crippen LogP contribution in [0.4, 0.5) is 0 Å². The average Bonchev–Trinajstić information content (AvgIpc) is 2.39. The number of likely N-dealkylation sites (tertiary alicyclic amines) is 1. The zero-order valence-corrected chi connectivity index (χ0v) is 11.4. The standard InChI is InChI=1S/C15H27NO2/c17-14(13-8-4-3-5-9-13)12-16-11-7-2-1-6-10-15(16)18/h13-14,17H,1-12H2. The van der Waals surface area contributed by atoms with Gasteiger partial charge in [0, 0.05) is 19.5 Å². The number of aliphatic hydroxyl groups is 1. The van der Waals surface area contributed by atoms with E-state index in [4.69, 9.17) is 0 Å². The highest BCUT2D eigenvalue weighted by Gasteiger charge is 2.25. The Morgan fingerprint density at radius 3 is 2.50 bits per heavy atom. The van der Waals surface area contributed by atoms with Crippen LogP contribution in [0.25, 0.3) is 0 Å². The molecule has 2 aliphatic rings. The minimum absolute atomic E-state index is 0.254. The normalized spacial score (nSPS) is 25.6. The highest BCUT2D eigenvalue weighted by Crippen LogP contribution is 2.27. The van der Waals surface area contributed by atoms with Crippen LogP contribution in [0.2, 0.25) is 0 Å². The van der Waals surface area contributed by atoms with Crippen LogP contribution in [0.15, 0.2) is 0 Å². The molecular formula is C15H27NO2. The summed E-state index contributed by atoms with van der Waals surface area (Å²) in [5.41, 5.74) is 0. The third-order valence-electron chi connectivity index (χ3n) is 4.52. The summed E-state index contributed by atoms with van der Waals surface area (Å²) in [6, 6.07) is 0. The molecule has 1 amide bonds. The first-order valence-electron chi connectivity index (χ1n) is 7.73. The molecule has 1 unspecified atom stereocenters. The van der Waals surface area contributed by atoms with E-state index in [2.05, 4.69) is 0 Å². The summed E-state index contributed by atoms with van der Waals surface area (Å²) in [5.74, 6) is 0.682. The Labute approximate surface area is 111 Å². The Morgan fingerprint density at radius 1 is 1.06 bits per heavy atom. The zero-order valence-electron chi connectivity index (χ0n) is 11.4. The molecule has 2 fully saturated rings. The van der Waals surface area contributed by atoms with Gasteiger partial charge in [-0.3, -0.25) is 4.79 Å². The fourth-order valence-electron chi connectivity index (χ4n) is 3.30. The molecule has 0 radical (unpaired) electrons. The predicted molar refractivity (Wildman–Crippen MR) is 72.2 cm³/mol. The number of hydrogen-bond donors (Lipinski definition) is 1. The molecule has 1 N–H and O–H groups in total. The smallest absolute Gasteiger partial charge is 0.222 e. The van der Waals surface area contributed by atoms with Crippen molar-refractivity contribution < 1.29 is 9.90 Å². The number of amides is 1. The van der Waals surface area contributed by atoms with E-state index in [1.807, 2.05) is 4.90 Å². The van der Waals surface area contributed by atoms with E-state index >= 15 is 0 Å². The Kier molecular flexibility index (Phi) is 5.48. The van der Waals surface area contributed by atoms with E-state index in [9.17, 15) is 9.90 Å². The zero-order chi connectivity index (χ0) is 12.8. The third-order valence-corrected chi connectivity index (χ3v) is 4.52. The first-order chi connectivity index (χ1) is 8.77. The van der Waals surface area contributed by atoms with Crippen molar-refractivity contribution >= 4 is 5.91 Å². The van der Waals surface area contributed by atoms with E-state index in [0.29, 0.717) is 18.9 Å². The minimum atomic E-state index is -0.298. The number of aliphatic hydroxyl groups excluding tert-OH is 1. The Bertz CT molecular complexity index is 261. The van der Waals surface area contributed by atoms with Gasteiger partial charge in [0.25, 0.3) is 0 Å². The fourth-order valence-corrected chi connectivity index (χ4v) is 3.30. The molecule has 1 aliphatic heterocycles. The number of β-amino-alcohol motifs (C(OH)–C–C–N with tert-alkyl or cyclic N) is 1. The van der Waals surface area contributed by atoms with E-state index in [1.54, 1.807) is 0 Å². The Balaban J connectivity index is 1.83. The van der Waals surface area contributed by atoms with Gasteiger partial charge in [0.15, 0.2) is 0 Å². The van der Waals surface area contributed by atoms with Crippen LogP contribution in [0.3, 0.4) is 0 Å². The second-order valence-corrected chi connectivity index (χ2v) is 5.97. The van der Waals surface area contributed by atoms with Crippen LogP contribution in [0, 0.1) is 5.92 Å². The minimum Gasteiger partial charge on any atom is -0.391 e. The molecule has 3 nitrogen and oxygen atoms in total. The molecule has 1 saturated carbocycles. The predicted octanol–water partition coefficient (Wildman–Crippen LogP) is 2.72. The molecule has 18 heavy (non-hydrogen) atoms. The number of rotatable bonds is 3. The molecule has 3 heteroatoms. The molecule has 0 aromatic rings. The van der Waals surface area contributed by atoms with Gasteiger partial charge in [0.1, 0.15) is 0 Å². The van der Waals surface area contributed by atoms with E-state index in [-0.39, 0.29) is 12.0 Å². The summed E-state index contributed by atoms with van der Waals surface area (Å²) in [6.45, 7) is 1.42. The fraction of sp³-hybridized carbons (Fsp3) is 0.933. The summed E-state index contributed by atoms with van der Waals surface area (Å²) in [6.07, 6.45) is 11.0. The number of hydrogen-bond acceptors (Lipinski definition) is 2. The Morgan fingerprint density at radius 2 is 1.72 bits per heavy atom. The topological polar surface area (TPSA) is 40.5 Å². The summed E-state index contributed by atoms with van der Waals surface area (Å²) in [7, 11) is 0. The third kappa shape index (κ3) is 3.98. The van der Waals surface area contributed by atoms with Crippen molar-refractivity contribution in [2.75, 3.05) is 13.1 Å². The van der Waals surface area contributed by atoms with Gasteiger partial charge in [-0.05, 0) is 31.6 Å². The molecule has 0 aromatic carbocycles.